The molecule has 0 spiro atoms. The van der Waals surface area contributed by atoms with E-state index in [2.05, 4.69) is 25.9 Å². The van der Waals surface area contributed by atoms with Crippen LogP contribution in [-0.2, 0) is 6.42 Å². The molecule has 1 aromatic carbocycles. The van der Waals surface area contributed by atoms with Crippen LogP contribution in [0.2, 0.25) is 5.02 Å². The van der Waals surface area contributed by atoms with Gasteiger partial charge in [0.1, 0.15) is 11.3 Å². The van der Waals surface area contributed by atoms with Crippen molar-refractivity contribution in [1.82, 2.24) is 14.5 Å². The Balaban J connectivity index is 2.30. The summed E-state index contributed by atoms with van der Waals surface area (Å²) in [6.07, 6.45) is 2.49. The van der Waals surface area contributed by atoms with Crippen molar-refractivity contribution in [3.8, 4) is 5.69 Å². The van der Waals surface area contributed by atoms with Crippen molar-refractivity contribution in [2.45, 2.75) is 13.3 Å². The highest BCUT2D eigenvalue weighted by Crippen LogP contribution is 2.29. The van der Waals surface area contributed by atoms with Crippen molar-refractivity contribution in [2.24, 2.45) is 0 Å². The van der Waals surface area contributed by atoms with Crippen LogP contribution < -0.4 is 0 Å². The monoisotopic (exact) mass is 383 g/mol. The van der Waals surface area contributed by atoms with Gasteiger partial charge < -0.3 is 0 Å². The molecule has 6 heteroatoms. The van der Waals surface area contributed by atoms with Crippen LogP contribution in [0.5, 0.6) is 0 Å². The van der Waals surface area contributed by atoms with Gasteiger partial charge in [-0.1, -0.05) is 27.5 Å². The number of fused-ring (bicyclic) bond motifs is 1. The van der Waals surface area contributed by atoms with Crippen LogP contribution in [0.15, 0.2) is 34.9 Å². The molecule has 108 valence electrons. The molecule has 0 aliphatic carbocycles. The molecule has 0 amide bonds. The molecule has 0 aliphatic rings. The molecule has 0 atom stereocenters. The smallest absolute Gasteiger partial charge is 0.164 e. The van der Waals surface area contributed by atoms with E-state index < -0.39 is 0 Å². The number of aryl methyl sites for hydroxylation is 2. The number of halogens is 3. The van der Waals surface area contributed by atoms with Crippen LogP contribution in [0.25, 0.3) is 16.9 Å². The maximum atomic E-state index is 6.39. The minimum atomic E-state index is 0.496. The van der Waals surface area contributed by atoms with Gasteiger partial charge in [0, 0.05) is 23.0 Å². The second kappa shape index (κ2) is 5.95. The van der Waals surface area contributed by atoms with Crippen LogP contribution in [0.1, 0.15) is 11.4 Å². The summed E-state index contributed by atoms with van der Waals surface area (Å²) in [6, 6.07) is 7.78. The van der Waals surface area contributed by atoms with E-state index in [4.69, 9.17) is 23.2 Å². The molecule has 0 fully saturated rings. The fourth-order valence-electron chi connectivity index (χ4n) is 2.28. The Hall–Kier alpha value is -1.10. The van der Waals surface area contributed by atoms with E-state index in [0.29, 0.717) is 17.3 Å². The van der Waals surface area contributed by atoms with Gasteiger partial charge in [-0.15, -0.1) is 11.6 Å². The van der Waals surface area contributed by atoms with Gasteiger partial charge in [-0.2, -0.15) is 0 Å². The number of nitrogens with zero attached hydrogens (tertiary/aromatic N) is 3. The van der Waals surface area contributed by atoms with Gasteiger partial charge in [-0.05, 0) is 36.8 Å². The predicted octanol–water partition coefficient (Wildman–Crippen LogP) is 4.93. The van der Waals surface area contributed by atoms with E-state index in [0.717, 1.165) is 32.7 Å². The summed E-state index contributed by atoms with van der Waals surface area (Å²) in [7, 11) is 0. The normalized spacial score (nSPS) is 11.2. The second-order valence-electron chi connectivity index (χ2n) is 4.75. The summed E-state index contributed by atoms with van der Waals surface area (Å²) in [5.74, 6) is 1.36. The topological polar surface area (TPSA) is 30.7 Å². The van der Waals surface area contributed by atoms with Gasteiger partial charge in [0.2, 0.25) is 0 Å². The average Bonchev–Trinajstić information content (AvgIpc) is 2.76. The van der Waals surface area contributed by atoms with Gasteiger partial charge >= 0.3 is 0 Å². The molecule has 0 saturated heterocycles. The lowest BCUT2D eigenvalue weighted by molar-refractivity contribution is 0.905. The number of benzene rings is 1. The fraction of sp³-hybridized carbons (Fsp3) is 0.200. The molecule has 0 bridgehead atoms. The Labute approximate surface area is 141 Å². The predicted molar refractivity (Wildman–Crippen MR) is 90.7 cm³/mol. The summed E-state index contributed by atoms with van der Waals surface area (Å²) in [6.45, 7) is 2.00. The highest BCUT2D eigenvalue weighted by Gasteiger charge is 2.15. The van der Waals surface area contributed by atoms with Crippen LogP contribution in [0.3, 0.4) is 0 Å². The van der Waals surface area contributed by atoms with E-state index in [1.807, 2.05) is 42.0 Å². The second-order valence-corrected chi connectivity index (χ2v) is 6.45. The molecular formula is C15H12BrCl2N3. The zero-order chi connectivity index (χ0) is 15.0. The van der Waals surface area contributed by atoms with Crippen molar-refractivity contribution in [1.29, 1.82) is 0 Å². The first-order chi connectivity index (χ1) is 10.1. The maximum Gasteiger partial charge on any atom is 0.164 e. The average molecular weight is 385 g/mol. The van der Waals surface area contributed by atoms with Gasteiger partial charge in [-0.3, -0.25) is 4.57 Å². The molecule has 3 nitrogen and oxygen atoms in total. The van der Waals surface area contributed by atoms with Crippen molar-refractivity contribution >= 4 is 50.3 Å². The largest absolute Gasteiger partial charge is 0.279 e. The molecule has 3 rings (SSSR count). The molecule has 3 aromatic rings. The molecule has 0 radical (unpaired) electrons. The van der Waals surface area contributed by atoms with Gasteiger partial charge in [0.25, 0.3) is 0 Å². The Morgan fingerprint density at radius 2 is 2.10 bits per heavy atom. The molecule has 2 heterocycles. The summed E-state index contributed by atoms with van der Waals surface area (Å²) in [4.78, 5) is 9.16. The zero-order valence-electron chi connectivity index (χ0n) is 11.3. The maximum absolute atomic E-state index is 6.39. The molecular weight excluding hydrogens is 373 g/mol. The highest BCUT2D eigenvalue weighted by molar-refractivity contribution is 9.10. The molecule has 0 unspecified atom stereocenters. The number of rotatable bonds is 3. The third kappa shape index (κ3) is 2.80. The molecule has 0 aliphatic heterocycles. The first-order valence-corrected chi connectivity index (χ1v) is 8.16. The standard InChI is InChI=1S/C15H12BrCl2N3/c1-9-6-12-15(19-8-9)21(14(20-12)4-5-17)13-3-2-10(16)7-11(13)18/h2-3,6-8H,4-5H2,1H3. The van der Waals surface area contributed by atoms with Crippen molar-refractivity contribution in [3.63, 3.8) is 0 Å². The Kier molecular flexibility index (Phi) is 4.20. The number of alkyl halides is 1. The van der Waals surface area contributed by atoms with Gasteiger partial charge in [-0.25, -0.2) is 9.97 Å². The third-order valence-corrected chi connectivity index (χ3v) is 4.16. The molecule has 21 heavy (non-hydrogen) atoms. The van der Waals surface area contributed by atoms with Crippen LogP contribution >= 0.6 is 39.1 Å². The van der Waals surface area contributed by atoms with Crippen molar-refractivity contribution < 1.29 is 0 Å². The number of aromatic nitrogens is 3. The van der Waals surface area contributed by atoms with E-state index in [9.17, 15) is 0 Å². The van der Waals surface area contributed by atoms with E-state index in [1.54, 1.807) is 0 Å². The van der Waals surface area contributed by atoms with E-state index in [-0.39, 0.29) is 0 Å². The summed E-state index contributed by atoms with van der Waals surface area (Å²) in [5.41, 5.74) is 3.59. The summed E-state index contributed by atoms with van der Waals surface area (Å²) >= 11 is 15.7. The minimum Gasteiger partial charge on any atom is -0.279 e. The first kappa shape index (κ1) is 14.8. The number of imidazole rings is 1. The van der Waals surface area contributed by atoms with Gasteiger partial charge in [0.15, 0.2) is 5.65 Å². The molecule has 2 aromatic heterocycles. The number of hydrogen-bond donors (Lipinski definition) is 0. The summed E-state index contributed by atoms with van der Waals surface area (Å²) < 4.78 is 2.91. The van der Waals surface area contributed by atoms with Crippen LogP contribution in [-0.4, -0.2) is 20.4 Å². The highest BCUT2D eigenvalue weighted by atomic mass is 79.9. The van der Waals surface area contributed by atoms with Crippen LogP contribution in [0.4, 0.5) is 0 Å². The molecule has 0 N–H and O–H groups in total. The number of hydrogen-bond acceptors (Lipinski definition) is 2. The Morgan fingerprint density at radius 3 is 2.81 bits per heavy atom. The quantitative estimate of drug-likeness (QED) is 0.599. The van der Waals surface area contributed by atoms with Crippen molar-refractivity contribution in [3.05, 3.63) is 51.3 Å². The Bertz CT molecular complexity index is 814. The lowest BCUT2D eigenvalue weighted by Gasteiger charge is -2.10. The zero-order valence-corrected chi connectivity index (χ0v) is 14.4. The Morgan fingerprint density at radius 1 is 1.29 bits per heavy atom. The van der Waals surface area contributed by atoms with Crippen LogP contribution in [0, 0.1) is 6.92 Å². The fourth-order valence-corrected chi connectivity index (χ4v) is 3.21. The lowest BCUT2D eigenvalue weighted by atomic mass is 10.3. The minimum absolute atomic E-state index is 0.496. The third-order valence-electron chi connectivity index (χ3n) is 3.17. The SMILES string of the molecule is Cc1cnc2c(c1)nc(CCCl)n2-c1ccc(Br)cc1Cl. The van der Waals surface area contributed by atoms with Crippen molar-refractivity contribution in [2.75, 3.05) is 5.88 Å². The number of pyridine rings is 1. The van der Waals surface area contributed by atoms with E-state index >= 15 is 0 Å². The first-order valence-electron chi connectivity index (χ1n) is 6.45. The summed E-state index contributed by atoms with van der Waals surface area (Å²) in [5, 5.41) is 0.641. The van der Waals surface area contributed by atoms with Gasteiger partial charge in [0.05, 0.1) is 10.7 Å². The lowest BCUT2D eigenvalue weighted by Crippen LogP contribution is -2.03. The van der Waals surface area contributed by atoms with E-state index in [1.165, 1.54) is 0 Å². The molecule has 0 saturated carbocycles.